The second kappa shape index (κ2) is 5.62. The summed E-state index contributed by atoms with van der Waals surface area (Å²) in [6.07, 6.45) is -0.995. The van der Waals surface area contributed by atoms with E-state index in [1.807, 2.05) is 13.0 Å². The van der Waals surface area contributed by atoms with Crippen molar-refractivity contribution in [2.24, 2.45) is 0 Å². The Morgan fingerprint density at radius 2 is 2.00 bits per heavy atom. The van der Waals surface area contributed by atoms with Gasteiger partial charge in [0.2, 0.25) is 0 Å². The molecule has 0 heterocycles. The minimum absolute atomic E-state index is 0.0180. The predicted octanol–water partition coefficient (Wildman–Crippen LogP) is 1.08. The molecule has 0 saturated carbocycles. The van der Waals surface area contributed by atoms with Gasteiger partial charge in [-0.3, -0.25) is 0 Å². The molecule has 0 spiro atoms. The van der Waals surface area contributed by atoms with Crippen LogP contribution in [-0.2, 0) is 14.6 Å². The molecule has 0 aliphatic heterocycles. The van der Waals surface area contributed by atoms with Gasteiger partial charge in [-0.05, 0) is 25.5 Å². The Kier molecular flexibility index (Phi) is 4.68. The predicted molar refractivity (Wildman–Crippen MR) is 65.9 cm³/mol. The van der Waals surface area contributed by atoms with E-state index >= 15 is 0 Å². The van der Waals surface area contributed by atoms with Gasteiger partial charge in [0, 0.05) is 7.11 Å². The van der Waals surface area contributed by atoms with Crippen molar-refractivity contribution < 1.29 is 18.3 Å². The highest BCUT2D eigenvalue weighted by atomic mass is 32.2. The molecular formula is C12H18O4S. The summed E-state index contributed by atoms with van der Waals surface area (Å²) in [7, 11) is -2.04. The van der Waals surface area contributed by atoms with Crippen molar-refractivity contribution >= 4 is 9.84 Å². The normalized spacial score (nSPS) is 13.6. The highest BCUT2D eigenvalue weighted by Gasteiger charge is 2.21. The van der Waals surface area contributed by atoms with Crippen LogP contribution in [0.25, 0.3) is 0 Å². The zero-order valence-corrected chi connectivity index (χ0v) is 11.1. The molecule has 0 saturated heterocycles. The van der Waals surface area contributed by atoms with Crippen molar-refractivity contribution in [3.05, 3.63) is 29.3 Å². The summed E-state index contributed by atoms with van der Waals surface area (Å²) in [6, 6.07) is 5.15. The van der Waals surface area contributed by atoms with Gasteiger partial charge in [0.1, 0.15) is 0 Å². The van der Waals surface area contributed by atoms with Crippen LogP contribution >= 0.6 is 0 Å². The molecular weight excluding hydrogens is 240 g/mol. The van der Waals surface area contributed by atoms with E-state index in [2.05, 4.69) is 0 Å². The van der Waals surface area contributed by atoms with Crippen molar-refractivity contribution in [1.29, 1.82) is 0 Å². The average Bonchev–Trinajstić information content (AvgIpc) is 2.15. The van der Waals surface area contributed by atoms with Crippen LogP contribution < -0.4 is 0 Å². The van der Waals surface area contributed by atoms with E-state index in [1.165, 1.54) is 7.11 Å². The maximum absolute atomic E-state index is 12.0. The van der Waals surface area contributed by atoms with Crippen LogP contribution in [0.4, 0.5) is 0 Å². The Hall–Kier alpha value is -0.910. The molecule has 0 radical (unpaired) electrons. The van der Waals surface area contributed by atoms with E-state index in [0.717, 1.165) is 5.56 Å². The number of benzene rings is 1. The first-order valence-corrected chi connectivity index (χ1v) is 6.99. The number of rotatable bonds is 5. The smallest absolute Gasteiger partial charge is 0.181 e. The molecule has 0 bridgehead atoms. The van der Waals surface area contributed by atoms with E-state index in [-0.39, 0.29) is 17.3 Å². The summed E-state index contributed by atoms with van der Waals surface area (Å²) < 4.78 is 28.8. The quantitative estimate of drug-likeness (QED) is 0.858. The van der Waals surface area contributed by atoms with Gasteiger partial charge >= 0.3 is 0 Å². The zero-order valence-electron chi connectivity index (χ0n) is 10.3. The van der Waals surface area contributed by atoms with E-state index in [4.69, 9.17) is 4.74 Å². The first-order valence-electron chi connectivity index (χ1n) is 5.34. The monoisotopic (exact) mass is 258 g/mol. The van der Waals surface area contributed by atoms with Crippen LogP contribution in [0, 0.1) is 13.8 Å². The van der Waals surface area contributed by atoms with Gasteiger partial charge in [0.15, 0.2) is 9.84 Å². The number of methoxy groups -OCH3 is 1. The minimum Gasteiger partial charge on any atom is -0.390 e. The van der Waals surface area contributed by atoms with Crippen LogP contribution in [0.3, 0.4) is 0 Å². The van der Waals surface area contributed by atoms with E-state index < -0.39 is 15.9 Å². The van der Waals surface area contributed by atoms with Crippen molar-refractivity contribution in [2.45, 2.75) is 24.8 Å². The van der Waals surface area contributed by atoms with Gasteiger partial charge < -0.3 is 9.84 Å². The Labute approximate surface area is 102 Å². The number of sulfone groups is 1. The van der Waals surface area contributed by atoms with Gasteiger partial charge in [-0.2, -0.15) is 0 Å². The zero-order chi connectivity index (χ0) is 13.1. The SMILES string of the molecule is COCC(O)CS(=O)(=O)c1ccc(C)cc1C. The number of ether oxygens (including phenoxy) is 1. The molecule has 0 aromatic heterocycles. The molecule has 1 N–H and O–H groups in total. The number of hydrogen-bond acceptors (Lipinski definition) is 4. The van der Waals surface area contributed by atoms with Crippen molar-refractivity contribution in [1.82, 2.24) is 0 Å². The van der Waals surface area contributed by atoms with Gasteiger partial charge in [-0.15, -0.1) is 0 Å². The molecule has 5 heteroatoms. The number of aliphatic hydroxyl groups excluding tert-OH is 1. The molecule has 1 atom stereocenters. The summed E-state index contributed by atoms with van der Waals surface area (Å²) in [5.74, 6) is -0.315. The van der Waals surface area contributed by atoms with Crippen LogP contribution in [0.15, 0.2) is 23.1 Å². The van der Waals surface area contributed by atoms with Gasteiger partial charge in [0.05, 0.1) is 23.4 Å². The highest BCUT2D eigenvalue weighted by molar-refractivity contribution is 7.91. The molecule has 1 unspecified atom stereocenters. The fraction of sp³-hybridized carbons (Fsp3) is 0.500. The molecule has 1 rings (SSSR count). The molecule has 1 aromatic rings. The standard InChI is InChI=1S/C12H18O4S/c1-9-4-5-12(10(2)6-9)17(14,15)8-11(13)7-16-3/h4-6,11,13H,7-8H2,1-3H3. The summed E-state index contributed by atoms with van der Waals surface area (Å²) in [4.78, 5) is 0.276. The summed E-state index contributed by atoms with van der Waals surface area (Å²) >= 11 is 0. The molecule has 96 valence electrons. The lowest BCUT2D eigenvalue weighted by Gasteiger charge is -2.12. The van der Waals surface area contributed by atoms with Gasteiger partial charge in [-0.1, -0.05) is 17.7 Å². The van der Waals surface area contributed by atoms with Crippen LogP contribution in [0.5, 0.6) is 0 Å². The third-order valence-corrected chi connectivity index (χ3v) is 4.39. The lowest BCUT2D eigenvalue weighted by molar-refractivity contribution is 0.0783. The third-order valence-electron chi connectivity index (χ3n) is 2.44. The Balaban J connectivity index is 2.97. The molecule has 17 heavy (non-hydrogen) atoms. The van der Waals surface area contributed by atoms with Gasteiger partial charge in [0.25, 0.3) is 0 Å². The maximum Gasteiger partial charge on any atom is 0.181 e. The van der Waals surface area contributed by atoms with Crippen molar-refractivity contribution in [3.8, 4) is 0 Å². The third kappa shape index (κ3) is 3.80. The fourth-order valence-electron chi connectivity index (χ4n) is 1.73. The number of aryl methyl sites for hydroxylation is 2. The van der Waals surface area contributed by atoms with E-state index in [1.54, 1.807) is 19.1 Å². The molecule has 0 fully saturated rings. The Morgan fingerprint density at radius 3 is 2.53 bits per heavy atom. The summed E-state index contributed by atoms with van der Waals surface area (Å²) in [5, 5.41) is 9.49. The maximum atomic E-state index is 12.0. The topological polar surface area (TPSA) is 63.6 Å². The van der Waals surface area contributed by atoms with Crippen molar-refractivity contribution in [2.75, 3.05) is 19.5 Å². The highest BCUT2D eigenvalue weighted by Crippen LogP contribution is 2.18. The van der Waals surface area contributed by atoms with Gasteiger partial charge in [-0.25, -0.2) is 8.42 Å². The molecule has 0 amide bonds. The minimum atomic E-state index is -3.46. The first-order chi connectivity index (χ1) is 7.86. The second-order valence-corrected chi connectivity index (χ2v) is 6.16. The van der Waals surface area contributed by atoms with Crippen LogP contribution in [0.2, 0.25) is 0 Å². The lowest BCUT2D eigenvalue weighted by atomic mass is 10.2. The molecule has 4 nitrogen and oxygen atoms in total. The molecule has 0 aliphatic rings. The lowest BCUT2D eigenvalue weighted by Crippen LogP contribution is -2.25. The Bertz CT molecular complexity index is 479. The molecule has 0 aliphatic carbocycles. The molecule has 1 aromatic carbocycles. The van der Waals surface area contributed by atoms with E-state index in [9.17, 15) is 13.5 Å². The van der Waals surface area contributed by atoms with Crippen molar-refractivity contribution in [3.63, 3.8) is 0 Å². The Morgan fingerprint density at radius 1 is 1.35 bits per heavy atom. The summed E-state index contributed by atoms with van der Waals surface area (Å²) in [6.45, 7) is 3.68. The average molecular weight is 258 g/mol. The first kappa shape index (κ1) is 14.2. The second-order valence-electron chi connectivity index (χ2n) is 4.16. The number of aliphatic hydroxyl groups is 1. The number of hydrogen-bond donors (Lipinski definition) is 1. The largest absolute Gasteiger partial charge is 0.390 e. The van der Waals surface area contributed by atoms with E-state index in [0.29, 0.717) is 5.56 Å². The van der Waals surface area contributed by atoms with Crippen LogP contribution in [0.1, 0.15) is 11.1 Å². The van der Waals surface area contributed by atoms with Crippen LogP contribution in [-0.4, -0.2) is 39.1 Å². The fourth-order valence-corrected chi connectivity index (χ4v) is 3.34. The summed E-state index contributed by atoms with van der Waals surface area (Å²) in [5.41, 5.74) is 1.72.